The predicted molar refractivity (Wildman–Crippen MR) is 113 cm³/mol. The summed E-state index contributed by atoms with van der Waals surface area (Å²) in [4.78, 5) is 39.5. The van der Waals surface area contributed by atoms with E-state index >= 15 is 0 Å². The van der Waals surface area contributed by atoms with Crippen molar-refractivity contribution in [2.45, 2.75) is 12.0 Å². The van der Waals surface area contributed by atoms with Gasteiger partial charge in [-0.25, -0.2) is 13.6 Å². The van der Waals surface area contributed by atoms with Crippen LogP contribution in [-0.2, 0) is 21.5 Å². The van der Waals surface area contributed by atoms with E-state index in [1.807, 2.05) is 30.3 Å². The molecular weight excluding hydrogens is 416 g/mol. The highest BCUT2D eigenvalue weighted by molar-refractivity contribution is 6.10. The van der Waals surface area contributed by atoms with Crippen molar-refractivity contribution in [1.29, 1.82) is 0 Å². The van der Waals surface area contributed by atoms with Gasteiger partial charge in [-0.05, 0) is 23.3 Å². The van der Waals surface area contributed by atoms with E-state index in [2.05, 4.69) is 10.6 Å². The van der Waals surface area contributed by atoms with Gasteiger partial charge in [0.2, 0.25) is 5.91 Å². The third-order valence-electron chi connectivity index (χ3n) is 5.26. The third-order valence-corrected chi connectivity index (χ3v) is 5.26. The normalized spacial score (nSPS) is 17.9. The second-order valence-corrected chi connectivity index (χ2v) is 7.43. The van der Waals surface area contributed by atoms with E-state index in [4.69, 9.17) is 0 Å². The molecule has 0 aliphatic carbocycles. The van der Waals surface area contributed by atoms with Crippen molar-refractivity contribution in [2.75, 3.05) is 11.9 Å². The van der Waals surface area contributed by atoms with E-state index in [0.29, 0.717) is 5.56 Å². The number of nitrogens with zero attached hydrogens (tertiary/aromatic N) is 1. The number of hydrogen-bond donors (Lipinski definition) is 2. The van der Waals surface area contributed by atoms with Crippen LogP contribution in [0.2, 0.25) is 0 Å². The SMILES string of the molecule is O=C(CN1C(=O)NC(Cc2ccccc2)(c2ccccc2)C1=O)Nc1cc(F)ccc1F. The number of carbonyl (C=O) groups is 3. The van der Waals surface area contributed by atoms with Crippen molar-refractivity contribution in [1.82, 2.24) is 10.2 Å². The van der Waals surface area contributed by atoms with Crippen LogP contribution in [0.4, 0.5) is 19.3 Å². The molecule has 1 fully saturated rings. The van der Waals surface area contributed by atoms with E-state index in [-0.39, 0.29) is 12.1 Å². The number of carbonyl (C=O) groups excluding carboxylic acids is 3. The fourth-order valence-corrected chi connectivity index (χ4v) is 3.74. The van der Waals surface area contributed by atoms with Crippen molar-refractivity contribution in [3.63, 3.8) is 0 Å². The fraction of sp³-hybridized carbons (Fsp3) is 0.125. The Labute approximate surface area is 182 Å². The molecule has 1 saturated heterocycles. The van der Waals surface area contributed by atoms with Crippen molar-refractivity contribution >= 4 is 23.5 Å². The Hall–Kier alpha value is -4.07. The second kappa shape index (κ2) is 8.58. The topological polar surface area (TPSA) is 78.5 Å². The van der Waals surface area contributed by atoms with E-state index in [1.54, 1.807) is 30.3 Å². The number of anilines is 1. The average Bonchev–Trinajstić information content (AvgIpc) is 3.02. The highest BCUT2D eigenvalue weighted by Gasteiger charge is 2.52. The Morgan fingerprint density at radius 1 is 0.938 bits per heavy atom. The van der Waals surface area contributed by atoms with Crippen molar-refractivity contribution in [3.8, 4) is 0 Å². The smallest absolute Gasteiger partial charge is 0.322 e. The molecule has 0 saturated carbocycles. The van der Waals surface area contributed by atoms with Crippen molar-refractivity contribution in [2.24, 2.45) is 0 Å². The number of rotatable bonds is 6. The molecule has 32 heavy (non-hydrogen) atoms. The van der Waals surface area contributed by atoms with Gasteiger partial charge in [0.15, 0.2) is 5.54 Å². The van der Waals surface area contributed by atoms with Gasteiger partial charge in [0.05, 0.1) is 5.69 Å². The second-order valence-electron chi connectivity index (χ2n) is 7.43. The zero-order valence-electron chi connectivity index (χ0n) is 16.8. The Bertz CT molecular complexity index is 1170. The highest BCUT2D eigenvalue weighted by Crippen LogP contribution is 2.33. The largest absolute Gasteiger partial charge is 0.325 e. The van der Waals surface area contributed by atoms with Gasteiger partial charge in [0, 0.05) is 12.5 Å². The molecule has 1 aliphatic rings. The summed E-state index contributed by atoms with van der Waals surface area (Å²) < 4.78 is 27.2. The molecule has 1 atom stereocenters. The highest BCUT2D eigenvalue weighted by atomic mass is 19.1. The minimum atomic E-state index is -1.40. The molecule has 0 aromatic heterocycles. The van der Waals surface area contributed by atoms with Gasteiger partial charge in [0.25, 0.3) is 5.91 Å². The van der Waals surface area contributed by atoms with E-state index in [1.165, 1.54) is 0 Å². The molecule has 0 radical (unpaired) electrons. The summed E-state index contributed by atoms with van der Waals surface area (Å²) in [6.07, 6.45) is 0.180. The van der Waals surface area contributed by atoms with Gasteiger partial charge in [-0.15, -0.1) is 0 Å². The van der Waals surface area contributed by atoms with Crippen LogP contribution in [0.1, 0.15) is 11.1 Å². The predicted octanol–water partition coefficient (Wildman–Crippen LogP) is 3.59. The first-order valence-electron chi connectivity index (χ1n) is 9.87. The molecule has 0 spiro atoms. The summed E-state index contributed by atoms with van der Waals surface area (Å²) in [5, 5.41) is 4.95. The molecule has 4 rings (SSSR count). The molecule has 1 aliphatic heterocycles. The lowest BCUT2D eigenvalue weighted by Crippen LogP contribution is -2.46. The number of imide groups is 1. The molecule has 2 N–H and O–H groups in total. The van der Waals surface area contributed by atoms with E-state index in [0.717, 1.165) is 28.7 Å². The molecule has 0 bridgehead atoms. The van der Waals surface area contributed by atoms with Crippen LogP contribution in [0.15, 0.2) is 78.9 Å². The molecular formula is C24H19F2N3O3. The molecule has 3 aromatic carbocycles. The Morgan fingerprint density at radius 3 is 2.28 bits per heavy atom. The van der Waals surface area contributed by atoms with Crippen LogP contribution in [0.5, 0.6) is 0 Å². The lowest BCUT2D eigenvalue weighted by Gasteiger charge is -2.27. The summed E-state index contributed by atoms with van der Waals surface area (Å²) >= 11 is 0. The van der Waals surface area contributed by atoms with Crippen LogP contribution in [0, 0.1) is 11.6 Å². The van der Waals surface area contributed by atoms with Gasteiger partial charge in [0.1, 0.15) is 18.2 Å². The monoisotopic (exact) mass is 435 g/mol. The maximum atomic E-state index is 13.8. The Morgan fingerprint density at radius 2 is 1.59 bits per heavy atom. The first-order valence-corrected chi connectivity index (χ1v) is 9.87. The average molecular weight is 435 g/mol. The number of nitrogens with one attached hydrogen (secondary N) is 2. The zero-order chi connectivity index (χ0) is 22.7. The van der Waals surface area contributed by atoms with Crippen LogP contribution in [0.25, 0.3) is 0 Å². The number of benzene rings is 3. The van der Waals surface area contributed by atoms with Crippen molar-refractivity contribution < 1.29 is 23.2 Å². The molecule has 162 valence electrons. The lowest BCUT2D eigenvalue weighted by molar-refractivity contribution is -0.134. The summed E-state index contributed by atoms with van der Waals surface area (Å²) in [5.41, 5.74) is -0.385. The minimum Gasteiger partial charge on any atom is -0.322 e. The molecule has 8 heteroatoms. The van der Waals surface area contributed by atoms with Gasteiger partial charge in [-0.2, -0.15) is 0 Å². The number of halogens is 2. The fourth-order valence-electron chi connectivity index (χ4n) is 3.74. The van der Waals surface area contributed by atoms with E-state index in [9.17, 15) is 23.2 Å². The molecule has 6 nitrogen and oxygen atoms in total. The zero-order valence-corrected chi connectivity index (χ0v) is 16.8. The summed E-state index contributed by atoms with van der Waals surface area (Å²) in [6, 6.07) is 19.8. The first kappa shape index (κ1) is 21.2. The number of urea groups is 1. The third kappa shape index (κ3) is 4.07. The van der Waals surface area contributed by atoms with Crippen molar-refractivity contribution in [3.05, 3.63) is 102 Å². The lowest BCUT2D eigenvalue weighted by atomic mass is 9.83. The van der Waals surface area contributed by atoms with Crippen LogP contribution < -0.4 is 10.6 Å². The molecule has 4 amide bonds. The van der Waals surface area contributed by atoms with Gasteiger partial charge >= 0.3 is 6.03 Å². The molecule has 1 heterocycles. The Balaban J connectivity index is 1.61. The maximum absolute atomic E-state index is 13.8. The van der Waals surface area contributed by atoms with Crippen LogP contribution >= 0.6 is 0 Å². The number of hydrogen-bond acceptors (Lipinski definition) is 3. The van der Waals surface area contributed by atoms with Gasteiger partial charge in [-0.3, -0.25) is 14.5 Å². The Kier molecular flexibility index (Phi) is 5.68. The van der Waals surface area contributed by atoms with Gasteiger partial charge < -0.3 is 10.6 Å². The molecule has 1 unspecified atom stereocenters. The molecule has 3 aromatic rings. The van der Waals surface area contributed by atoms with Crippen LogP contribution in [-0.4, -0.2) is 29.3 Å². The summed E-state index contributed by atoms with van der Waals surface area (Å²) in [5.74, 6) is -3.00. The van der Waals surface area contributed by atoms with Crippen LogP contribution in [0.3, 0.4) is 0 Å². The minimum absolute atomic E-state index is 0.180. The quantitative estimate of drug-likeness (QED) is 0.581. The van der Waals surface area contributed by atoms with Gasteiger partial charge in [-0.1, -0.05) is 60.7 Å². The first-order chi connectivity index (χ1) is 15.4. The standard InChI is InChI=1S/C24H19F2N3O3/c25-18-11-12-19(26)20(13-18)27-21(30)15-29-22(31)24(28-23(29)32,17-9-5-2-6-10-17)14-16-7-3-1-4-8-16/h1-13H,14-15H2,(H,27,30)(H,28,32). The number of amides is 4. The summed E-state index contributed by atoms with van der Waals surface area (Å²) in [7, 11) is 0. The maximum Gasteiger partial charge on any atom is 0.325 e. The van der Waals surface area contributed by atoms with E-state index < -0.39 is 41.6 Å². The summed E-state index contributed by atoms with van der Waals surface area (Å²) in [6.45, 7) is -0.649.